The maximum Gasteiger partial charge on any atom is 0.431 e. The van der Waals surface area contributed by atoms with Crippen LogP contribution in [0.1, 0.15) is 5.69 Å². The molecule has 10 aromatic rings. The summed E-state index contributed by atoms with van der Waals surface area (Å²) in [5, 5.41) is 16.1. The van der Waals surface area contributed by atoms with Gasteiger partial charge in [0.1, 0.15) is 5.69 Å². The molecule has 10 rings (SSSR count). The molecule has 0 aliphatic heterocycles. The normalized spacial score (nSPS) is 11.2. The predicted molar refractivity (Wildman–Crippen MR) is 205 cm³/mol. The molecule has 0 aliphatic carbocycles. The number of halogens is 3. The second kappa shape index (κ2) is 16.1. The Morgan fingerprint density at radius 2 is 1.04 bits per heavy atom. The summed E-state index contributed by atoms with van der Waals surface area (Å²) < 4.78 is 44.4. The van der Waals surface area contributed by atoms with E-state index in [-0.39, 0.29) is 25.8 Å². The molecule has 0 unspecified atom stereocenters. The van der Waals surface area contributed by atoms with Crippen molar-refractivity contribution in [3.63, 3.8) is 0 Å². The second-order valence-electron chi connectivity index (χ2n) is 12.7. The molecule has 0 atom stereocenters. The molecule has 0 spiro atoms. The van der Waals surface area contributed by atoms with Crippen molar-refractivity contribution in [3.8, 4) is 22.8 Å². The van der Waals surface area contributed by atoms with Gasteiger partial charge >= 0.3 is 6.18 Å². The van der Waals surface area contributed by atoms with Crippen LogP contribution < -0.4 is 14.2 Å². The number of hydrogen-bond acceptors (Lipinski definition) is 2. The van der Waals surface area contributed by atoms with Gasteiger partial charge in [0.05, 0.1) is 14.1 Å². The summed E-state index contributed by atoms with van der Waals surface area (Å²) in [7, 11) is 3.94. The van der Waals surface area contributed by atoms with Gasteiger partial charge in [0, 0.05) is 56.8 Å². The van der Waals surface area contributed by atoms with E-state index in [1.54, 1.807) is 18.2 Å². The number of alkyl halides is 3. The van der Waals surface area contributed by atoms with E-state index in [4.69, 9.17) is 0 Å². The van der Waals surface area contributed by atoms with Crippen LogP contribution in [0.5, 0.6) is 0 Å². The molecule has 56 heavy (non-hydrogen) atoms. The first-order chi connectivity index (χ1) is 26.7. The third kappa shape index (κ3) is 7.86. The standard InChI is InChI=1S/2C18H13N2.C9H5F3N3.Ir/c2*1-19-10-11-20(13-19)18-12-14-6-2-3-7-15(14)16-8-4-5-9-17(16)18;10-9(11,12)8-5-7(14-15-8)6-3-1-2-4-13-6;/h2*2-11H,1H3;1-5H;/q3*-1;. The number of nitrogens with zero attached hydrogens (tertiary/aromatic N) is 7. The van der Waals surface area contributed by atoms with Gasteiger partial charge in [-0.25, -0.2) is 0 Å². The molecule has 0 N–H and O–H groups in total. The van der Waals surface area contributed by atoms with Gasteiger partial charge in [-0.2, -0.15) is 13.2 Å². The quantitative estimate of drug-likeness (QED) is 0.102. The Kier molecular flexibility index (Phi) is 10.9. The summed E-state index contributed by atoms with van der Waals surface area (Å²) in [5.74, 6) is 0. The van der Waals surface area contributed by atoms with Crippen LogP contribution in [0.4, 0.5) is 13.2 Å². The molecule has 0 saturated heterocycles. The van der Waals surface area contributed by atoms with Crippen LogP contribution in [0.3, 0.4) is 0 Å². The van der Waals surface area contributed by atoms with Gasteiger partial charge in [-0.05, 0) is 29.6 Å². The summed E-state index contributed by atoms with van der Waals surface area (Å²) in [6, 6.07) is 46.5. The molecule has 7 nitrogen and oxygen atoms in total. The fourth-order valence-corrected chi connectivity index (χ4v) is 6.40. The molecular weight excluding hydrogens is 888 g/mol. The zero-order chi connectivity index (χ0) is 37.9. The average Bonchev–Trinajstić information content (AvgIpc) is 4.00. The van der Waals surface area contributed by atoms with Crippen LogP contribution in [0.2, 0.25) is 0 Å². The van der Waals surface area contributed by atoms with E-state index >= 15 is 0 Å². The van der Waals surface area contributed by atoms with Gasteiger partial charge in [0.2, 0.25) is 12.7 Å². The molecule has 0 saturated carbocycles. The predicted octanol–water partition coefficient (Wildman–Crippen LogP) is 8.53. The number of aryl methyl sites for hydroxylation is 2. The molecule has 1 radical (unpaired) electrons. The Labute approximate surface area is 334 Å². The third-order valence-electron chi connectivity index (χ3n) is 8.95. The number of aromatic nitrogens is 7. The minimum Gasteiger partial charge on any atom is -0.573 e. The van der Waals surface area contributed by atoms with E-state index in [1.165, 1.54) is 38.5 Å². The van der Waals surface area contributed by atoms with E-state index in [0.29, 0.717) is 5.69 Å². The van der Waals surface area contributed by atoms with Crippen LogP contribution in [0, 0.1) is 24.8 Å². The van der Waals surface area contributed by atoms with Crippen molar-refractivity contribution in [2.75, 3.05) is 0 Å². The van der Waals surface area contributed by atoms with E-state index in [0.717, 1.165) is 28.2 Å². The minimum atomic E-state index is -4.46. The molecule has 279 valence electrons. The van der Waals surface area contributed by atoms with E-state index in [9.17, 15) is 13.2 Å². The number of rotatable bonds is 3. The average molecular weight is 919 g/mol. The molecule has 11 heteroatoms. The monoisotopic (exact) mass is 919 g/mol. The summed E-state index contributed by atoms with van der Waals surface area (Å²) in [6.07, 6.45) is 11.5. The van der Waals surface area contributed by atoms with Crippen LogP contribution in [0.25, 0.3) is 65.9 Å². The number of pyridine rings is 1. The summed E-state index contributed by atoms with van der Waals surface area (Å²) in [4.78, 5) is 3.87. The Morgan fingerprint density at radius 3 is 1.45 bits per heavy atom. The Balaban J connectivity index is 0.000000129. The van der Waals surface area contributed by atoms with Gasteiger partial charge in [-0.15, -0.1) is 70.1 Å². The van der Waals surface area contributed by atoms with Gasteiger partial charge < -0.3 is 28.5 Å². The van der Waals surface area contributed by atoms with Crippen molar-refractivity contribution < 1.29 is 42.4 Å². The molecule has 0 amide bonds. The summed E-state index contributed by atoms with van der Waals surface area (Å²) >= 11 is 0. The van der Waals surface area contributed by atoms with Crippen molar-refractivity contribution in [1.82, 2.24) is 24.3 Å². The molecule has 0 fully saturated rings. The fraction of sp³-hybridized carbons (Fsp3) is 0.0667. The molecule has 4 aromatic heterocycles. The zero-order valence-electron chi connectivity index (χ0n) is 30.0. The Bertz CT molecular complexity index is 2760. The smallest absolute Gasteiger partial charge is 0.431 e. The first-order valence-corrected chi connectivity index (χ1v) is 17.3. The summed E-state index contributed by atoms with van der Waals surface area (Å²) in [6.45, 7) is 0. The molecular formula is C45H31F3IrN7-3. The fourth-order valence-electron chi connectivity index (χ4n) is 6.40. The van der Waals surface area contributed by atoms with Crippen LogP contribution >= 0.6 is 0 Å². The maximum atomic E-state index is 12.2. The second-order valence-corrected chi connectivity index (χ2v) is 12.7. The SMILES string of the molecule is C[n+]1[c-]n(-c2[c-]c3ccccc3c3ccccc23)cc1.C[n+]1[c-]n(-c2[c-]c3ccccc3c3ccccc23)cc1.FC(F)(F)c1cc(-c2ccccn2)[n-]n1.[Ir]. The van der Waals surface area contributed by atoms with Crippen molar-refractivity contribution >= 4 is 43.1 Å². The van der Waals surface area contributed by atoms with E-state index in [1.807, 2.05) is 57.2 Å². The van der Waals surface area contributed by atoms with E-state index in [2.05, 4.69) is 137 Å². The van der Waals surface area contributed by atoms with Crippen molar-refractivity contribution in [2.24, 2.45) is 14.1 Å². The van der Waals surface area contributed by atoms with Crippen LogP contribution in [0.15, 0.2) is 152 Å². The van der Waals surface area contributed by atoms with Gasteiger partial charge in [0.15, 0.2) is 0 Å². The van der Waals surface area contributed by atoms with E-state index < -0.39 is 11.9 Å². The van der Waals surface area contributed by atoms with Crippen molar-refractivity contribution in [3.05, 3.63) is 183 Å². The number of imidazole rings is 2. The Hall–Kier alpha value is -6.42. The first kappa shape index (κ1) is 37.9. The maximum absolute atomic E-state index is 12.2. The van der Waals surface area contributed by atoms with Gasteiger partial charge in [-0.1, -0.05) is 94.0 Å². The minimum absolute atomic E-state index is 0. The Morgan fingerprint density at radius 1 is 0.589 bits per heavy atom. The third-order valence-corrected chi connectivity index (χ3v) is 8.95. The molecule has 0 bridgehead atoms. The van der Waals surface area contributed by atoms with Crippen LogP contribution in [-0.4, -0.2) is 19.2 Å². The largest absolute Gasteiger partial charge is 0.573 e. The number of benzene rings is 6. The topological polar surface area (TPSA) is 57.5 Å². The number of hydrogen-bond donors (Lipinski definition) is 0. The zero-order valence-corrected chi connectivity index (χ0v) is 32.4. The number of fused-ring (bicyclic) bond motifs is 6. The van der Waals surface area contributed by atoms with Crippen molar-refractivity contribution in [1.29, 1.82) is 0 Å². The van der Waals surface area contributed by atoms with Crippen LogP contribution in [-0.2, 0) is 40.4 Å². The first-order valence-electron chi connectivity index (χ1n) is 17.3. The van der Waals surface area contributed by atoms with Crippen molar-refractivity contribution in [2.45, 2.75) is 6.18 Å². The van der Waals surface area contributed by atoms with Gasteiger partial charge in [0.25, 0.3) is 0 Å². The molecule has 6 aromatic carbocycles. The molecule has 0 aliphatic rings. The summed E-state index contributed by atoms with van der Waals surface area (Å²) in [5.41, 5.74) is 1.59. The van der Waals surface area contributed by atoms with Gasteiger partial charge in [-0.3, -0.25) is 4.98 Å². The molecule has 4 heterocycles.